The summed E-state index contributed by atoms with van der Waals surface area (Å²) in [6, 6.07) is 11.1. The highest BCUT2D eigenvalue weighted by molar-refractivity contribution is 5.83. The van der Waals surface area contributed by atoms with Gasteiger partial charge in [-0.25, -0.2) is 4.39 Å². The molecule has 0 atom stereocenters. The van der Waals surface area contributed by atoms with Gasteiger partial charge in [-0.05, 0) is 30.7 Å². The molecule has 132 valence electrons. The number of amides is 1. The van der Waals surface area contributed by atoms with E-state index < -0.39 is 12.5 Å². The molecule has 1 amide bonds. The number of aryl methyl sites for hydroxylation is 1. The molecule has 0 saturated carbocycles. The van der Waals surface area contributed by atoms with E-state index in [4.69, 9.17) is 9.84 Å². The van der Waals surface area contributed by atoms with Crippen LogP contribution in [0.1, 0.15) is 16.7 Å². The maximum absolute atomic E-state index is 13.0. The van der Waals surface area contributed by atoms with Crippen LogP contribution in [0, 0.1) is 12.7 Å². The minimum atomic E-state index is -1.10. The third-order valence-electron chi connectivity index (χ3n) is 3.74. The maximum atomic E-state index is 13.0. The molecule has 1 N–H and O–H groups in total. The third-order valence-corrected chi connectivity index (χ3v) is 3.74. The Balaban J connectivity index is 2.19. The molecule has 0 radical (unpaired) electrons. The normalized spacial score (nSPS) is 10.4. The van der Waals surface area contributed by atoms with Crippen LogP contribution in [0.2, 0.25) is 0 Å². The second-order valence-corrected chi connectivity index (χ2v) is 5.76. The highest BCUT2D eigenvalue weighted by Crippen LogP contribution is 2.21. The first-order chi connectivity index (χ1) is 11.9. The molecule has 2 aromatic carbocycles. The smallest absolute Gasteiger partial charge is 0.323 e. The maximum Gasteiger partial charge on any atom is 0.323 e. The minimum absolute atomic E-state index is 0.0271. The number of aliphatic carboxylic acids is 1. The Labute approximate surface area is 145 Å². The van der Waals surface area contributed by atoms with Gasteiger partial charge in [0, 0.05) is 12.1 Å². The molecule has 0 saturated heterocycles. The van der Waals surface area contributed by atoms with Gasteiger partial charge in [-0.3, -0.25) is 9.59 Å². The van der Waals surface area contributed by atoms with Crippen LogP contribution in [0.25, 0.3) is 0 Å². The van der Waals surface area contributed by atoms with Gasteiger partial charge in [-0.2, -0.15) is 0 Å². The Morgan fingerprint density at radius 2 is 1.84 bits per heavy atom. The number of benzene rings is 2. The van der Waals surface area contributed by atoms with E-state index in [0.717, 1.165) is 5.56 Å². The topological polar surface area (TPSA) is 66.8 Å². The first-order valence-corrected chi connectivity index (χ1v) is 7.76. The SMILES string of the molecule is COc1ccc(C)cc1CC(=O)N(CC(=O)O)Cc1ccc(F)cc1. The van der Waals surface area contributed by atoms with Crippen LogP contribution in [0.3, 0.4) is 0 Å². The number of nitrogens with zero attached hydrogens (tertiary/aromatic N) is 1. The van der Waals surface area contributed by atoms with Crippen LogP contribution in [0.15, 0.2) is 42.5 Å². The Hall–Kier alpha value is -2.89. The van der Waals surface area contributed by atoms with E-state index in [9.17, 15) is 14.0 Å². The van der Waals surface area contributed by atoms with Crippen LogP contribution in [0.5, 0.6) is 5.75 Å². The molecule has 0 spiro atoms. The molecule has 0 aliphatic heterocycles. The molecule has 25 heavy (non-hydrogen) atoms. The van der Waals surface area contributed by atoms with E-state index >= 15 is 0 Å². The van der Waals surface area contributed by atoms with E-state index in [1.165, 1.54) is 36.3 Å². The summed E-state index contributed by atoms with van der Waals surface area (Å²) in [7, 11) is 1.52. The van der Waals surface area contributed by atoms with Gasteiger partial charge >= 0.3 is 5.97 Å². The summed E-state index contributed by atoms with van der Waals surface area (Å²) in [4.78, 5) is 25.0. The van der Waals surface area contributed by atoms with Crippen molar-refractivity contribution in [1.82, 2.24) is 4.90 Å². The number of carbonyl (C=O) groups is 2. The molecule has 0 heterocycles. The summed E-state index contributed by atoms with van der Waals surface area (Å²) in [6.45, 7) is 1.57. The number of hydrogen-bond acceptors (Lipinski definition) is 3. The number of rotatable bonds is 7. The summed E-state index contributed by atoms with van der Waals surface area (Å²) >= 11 is 0. The van der Waals surface area contributed by atoms with Crippen LogP contribution < -0.4 is 4.74 Å². The van der Waals surface area contributed by atoms with Crippen molar-refractivity contribution in [2.24, 2.45) is 0 Å². The zero-order valence-corrected chi connectivity index (χ0v) is 14.2. The lowest BCUT2D eigenvalue weighted by molar-refractivity contribution is -0.144. The second-order valence-electron chi connectivity index (χ2n) is 5.76. The van der Waals surface area contributed by atoms with Gasteiger partial charge in [0.2, 0.25) is 5.91 Å². The molecule has 5 nitrogen and oxygen atoms in total. The summed E-state index contributed by atoms with van der Waals surface area (Å²) in [5.41, 5.74) is 2.33. The minimum Gasteiger partial charge on any atom is -0.496 e. The fourth-order valence-electron chi connectivity index (χ4n) is 2.53. The molecule has 0 unspecified atom stereocenters. The van der Waals surface area contributed by atoms with Crippen LogP contribution in [-0.2, 0) is 22.6 Å². The predicted octanol–water partition coefficient (Wildman–Crippen LogP) is 2.80. The number of methoxy groups -OCH3 is 1. The molecule has 2 rings (SSSR count). The third kappa shape index (κ3) is 5.31. The van der Waals surface area contributed by atoms with Gasteiger partial charge in [-0.15, -0.1) is 0 Å². The van der Waals surface area contributed by atoms with Crippen molar-refractivity contribution in [3.05, 3.63) is 65.0 Å². The van der Waals surface area contributed by atoms with Crippen molar-refractivity contribution in [3.63, 3.8) is 0 Å². The number of carboxylic acids is 1. The molecule has 0 aliphatic rings. The molecule has 0 bridgehead atoms. The second kappa shape index (κ2) is 8.28. The summed E-state index contributed by atoms with van der Waals surface area (Å²) in [5, 5.41) is 9.09. The highest BCUT2D eigenvalue weighted by Gasteiger charge is 2.19. The lowest BCUT2D eigenvalue weighted by Gasteiger charge is -2.21. The number of carboxylic acid groups (broad SMARTS) is 1. The standard InChI is InChI=1S/C19H20FNO4/c1-13-3-8-17(25-2)15(9-13)10-18(22)21(12-19(23)24)11-14-4-6-16(20)7-5-14/h3-9H,10-12H2,1-2H3,(H,23,24). The highest BCUT2D eigenvalue weighted by atomic mass is 19.1. The van der Waals surface area contributed by atoms with E-state index in [1.54, 1.807) is 6.07 Å². The van der Waals surface area contributed by atoms with E-state index in [2.05, 4.69) is 0 Å². The molecule has 0 aromatic heterocycles. The van der Waals surface area contributed by atoms with Crippen molar-refractivity contribution in [2.75, 3.05) is 13.7 Å². The van der Waals surface area contributed by atoms with Crippen molar-refractivity contribution in [2.45, 2.75) is 19.9 Å². The molecule has 0 fully saturated rings. The Morgan fingerprint density at radius 1 is 1.16 bits per heavy atom. The zero-order valence-electron chi connectivity index (χ0n) is 14.2. The van der Waals surface area contributed by atoms with Crippen molar-refractivity contribution in [3.8, 4) is 5.75 Å². The van der Waals surface area contributed by atoms with Gasteiger partial charge in [0.25, 0.3) is 0 Å². The van der Waals surface area contributed by atoms with E-state index in [0.29, 0.717) is 16.9 Å². The average molecular weight is 345 g/mol. The first kappa shape index (κ1) is 18.4. The Bertz CT molecular complexity index is 759. The molecule has 6 heteroatoms. The van der Waals surface area contributed by atoms with Gasteiger partial charge in [-0.1, -0.05) is 29.8 Å². The first-order valence-electron chi connectivity index (χ1n) is 7.76. The molecule has 0 aliphatic carbocycles. The summed E-state index contributed by atoms with van der Waals surface area (Å²) < 4.78 is 18.3. The fraction of sp³-hybridized carbons (Fsp3) is 0.263. The van der Waals surface area contributed by atoms with Crippen molar-refractivity contribution < 1.29 is 23.8 Å². The van der Waals surface area contributed by atoms with Gasteiger partial charge in [0.05, 0.1) is 13.5 Å². The monoisotopic (exact) mass is 345 g/mol. The van der Waals surface area contributed by atoms with Crippen LogP contribution >= 0.6 is 0 Å². The number of carbonyl (C=O) groups excluding carboxylic acids is 1. The summed E-state index contributed by atoms with van der Waals surface area (Å²) in [5.74, 6) is -1.25. The largest absolute Gasteiger partial charge is 0.496 e. The number of halogens is 1. The van der Waals surface area contributed by atoms with Crippen LogP contribution in [-0.4, -0.2) is 35.5 Å². The van der Waals surface area contributed by atoms with E-state index in [-0.39, 0.29) is 24.7 Å². The Kier molecular flexibility index (Phi) is 6.11. The zero-order chi connectivity index (χ0) is 18.4. The van der Waals surface area contributed by atoms with Crippen LogP contribution in [0.4, 0.5) is 4.39 Å². The average Bonchev–Trinajstić information content (AvgIpc) is 2.56. The lowest BCUT2D eigenvalue weighted by Crippen LogP contribution is -2.36. The van der Waals surface area contributed by atoms with Gasteiger partial charge in [0.1, 0.15) is 18.1 Å². The Morgan fingerprint density at radius 3 is 2.44 bits per heavy atom. The van der Waals surface area contributed by atoms with Crippen molar-refractivity contribution >= 4 is 11.9 Å². The molecular formula is C19H20FNO4. The van der Waals surface area contributed by atoms with Crippen molar-refractivity contribution in [1.29, 1.82) is 0 Å². The van der Waals surface area contributed by atoms with Gasteiger partial charge in [0.15, 0.2) is 0 Å². The number of hydrogen-bond donors (Lipinski definition) is 1. The predicted molar refractivity (Wildman–Crippen MR) is 90.9 cm³/mol. The summed E-state index contributed by atoms with van der Waals surface area (Å²) in [6.07, 6.45) is 0.0271. The number of ether oxygens (including phenoxy) is 1. The van der Waals surface area contributed by atoms with E-state index in [1.807, 2.05) is 19.1 Å². The molecule has 2 aromatic rings. The van der Waals surface area contributed by atoms with Gasteiger partial charge < -0.3 is 14.7 Å². The fourth-order valence-corrected chi connectivity index (χ4v) is 2.53. The lowest BCUT2D eigenvalue weighted by atomic mass is 10.1. The quantitative estimate of drug-likeness (QED) is 0.838. The molecular weight excluding hydrogens is 325 g/mol.